The molecule has 3 unspecified atom stereocenters. The molecule has 0 spiro atoms. The normalized spacial score (nSPS) is 18.7. The minimum Gasteiger partial charge on any atom is -0.333 e. The molecule has 50 heavy (non-hydrogen) atoms. The Morgan fingerprint density at radius 2 is 1.36 bits per heavy atom. The maximum Gasteiger partial charge on any atom is 0.101 e. The molecular weight excluding hydrogens is 611 g/mol. The van der Waals surface area contributed by atoms with Gasteiger partial charge in [0, 0.05) is 34.0 Å². The first kappa shape index (κ1) is 29.3. The van der Waals surface area contributed by atoms with Crippen LogP contribution < -0.4 is 4.90 Å². The topological polar surface area (TPSA) is 79.5 Å². The predicted octanol–water partition coefficient (Wildman–Crippen LogP) is 10.3. The Kier molecular flexibility index (Phi) is 6.84. The van der Waals surface area contributed by atoms with Crippen LogP contribution in [0.4, 0.5) is 11.4 Å². The first-order valence-corrected chi connectivity index (χ1v) is 16.8. The number of fused-ring (bicyclic) bond motifs is 6. The molecule has 0 saturated carbocycles. The van der Waals surface area contributed by atoms with Crippen molar-refractivity contribution in [2.45, 2.75) is 24.3 Å². The first-order valence-electron chi connectivity index (χ1n) is 16.8. The van der Waals surface area contributed by atoms with Crippen molar-refractivity contribution in [3.05, 3.63) is 179 Å². The van der Waals surface area contributed by atoms with Gasteiger partial charge in [-0.05, 0) is 89.3 Å². The van der Waals surface area contributed by atoms with E-state index in [-0.39, 0.29) is 12.0 Å². The SMILES string of the molecule is N#Cc1ccc2c(c1)c1cc(C#N)ccc1n2-c1c(C#N)cccc1C1C=C(c2ccc(N3c4ccccc4C4C=CC=CC43)cc2)C=CC1. The molecule has 234 valence electrons. The number of hydrogen-bond acceptors (Lipinski definition) is 4. The minimum absolute atomic E-state index is 0.0209. The fraction of sp³-hybridized carbons (Fsp3) is 0.0889. The molecular formula is C45H29N5. The molecule has 5 heteroatoms. The number of anilines is 2. The van der Waals surface area contributed by atoms with Crippen LogP contribution in [0.25, 0.3) is 33.1 Å². The molecule has 0 saturated heterocycles. The van der Waals surface area contributed by atoms with Gasteiger partial charge in [-0.25, -0.2) is 0 Å². The Labute approximate surface area is 290 Å². The molecule has 0 radical (unpaired) electrons. The maximum absolute atomic E-state index is 10.4. The van der Waals surface area contributed by atoms with Gasteiger partial charge in [-0.3, -0.25) is 0 Å². The van der Waals surface area contributed by atoms with Crippen molar-refractivity contribution in [2.75, 3.05) is 4.90 Å². The average molecular weight is 640 g/mol. The summed E-state index contributed by atoms with van der Waals surface area (Å²) in [5.41, 5.74) is 11.4. The van der Waals surface area contributed by atoms with E-state index in [1.807, 2.05) is 48.5 Å². The van der Waals surface area contributed by atoms with Gasteiger partial charge in [0.05, 0.1) is 51.6 Å². The number of aromatic nitrogens is 1. The quantitative estimate of drug-likeness (QED) is 0.192. The molecule has 0 fully saturated rings. The Hall–Kier alpha value is -6.87. The van der Waals surface area contributed by atoms with E-state index < -0.39 is 0 Å². The van der Waals surface area contributed by atoms with Crippen molar-refractivity contribution in [1.82, 2.24) is 4.57 Å². The average Bonchev–Trinajstić information content (AvgIpc) is 3.69. The monoisotopic (exact) mass is 639 g/mol. The van der Waals surface area contributed by atoms with Crippen molar-refractivity contribution in [2.24, 2.45) is 0 Å². The van der Waals surface area contributed by atoms with E-state index in [2.05, 4.69) is 125 Å². The summed E-state index contributed by atoms with van der Waals surface area (Å²) in [4.78, 5) is 2.45. The van der Waals surface area contributed by atoms with E-state index in [0.717, 1.165) is 50.6 Å². The highest BCUT2D eigenvalue weighted by Gasteiger charge is 2.37. The van der Waals surface area contributed by atoms with Crippen molar-refractivity contribution in [3.8, 4) is 23.9 Å². The van der Waals surface area contributed by atoms with E-state index >= 15 is 0 Å². The Morgan fingerprint density at radius 1 is 0.660 bits per heavy atom. The zero-order valence-corrected chi connectivity index (χ0v) is 27.0. The van der Waals surface area contributed by atoms with Crippen LogP contribution >= 0.6 is 0 Å². The highest BCUT2D eigenvalue weighted by Crippen LogP contribution is 2.48. The molecule has 1 aromatic heterocycles. The van der Waals surface area contributed by atoms with Crippen LogP contribution in [0.15, 0.2) is 146 Å². The summed E-state index contributed by atoms with van der Waals surface area (Å²) < 4.78 is 2.14. The summed E-state index contributed by atoms with van der Waals surface area (Å²) in [6.45, 7) is 0. The standard InChI is InChI=1S/C45H29N5/c46-26-29-15-21-43-39(23-29)40-24-30(27-47)16-22-44(40)50(43)45-34(28-48)9-6-12-36(45)33-8-5-7-32(25-33)31-17-19-35(20-18-31)49-41-13-3-1-10-37(41)38-11-2-4-14-42(38)49/h1-7,9-25,33,37,41H,8H2. The molecule has 9 rings (SSSR count). The van der Waals surface area contributed by atoms with Crippen molar-refractivity contribution in [3.63, 3.8) is 0 Å². The summed E-state index contributed by atoms with van der Waals surface area (Å²) in [7, 11) is 0. The third-order valence-electron chi connectivity index (χ3n) is 10.3. The van der Waals surface area contributed by atoms with Gasteiger partial charge in [-0.15, -0.1) is 0 Å². The fourth-order valence-corrected chi connectivity index (χ4v) is 8.10. The molecule has 5 nitrogen and oxygen atoms in total. The van der Waals surface area contributed by atoms with Gasteiger partial charge in [-0.1, -0.05) is 85.0 Å². The molecule has 2 heterocycles. The van der Waals surface area contributed by atoms with Crippen LogP contribution in [0.3, 0.4) is 0 Å². The van der Waals surface area contributed by atoms with Gasteiger partial charge in [0.25, 0.3) is 0 Å². The molecule has 0 bridgehead atoms. The molecule has 6 aromatic rings. The molecule has 1 aliphatic heterocycles. The summed E-state index contributed by atoms with van der Waals surface area (Å²) in [6.07, 6.45) is 16.4. The highest BCUT2D eigenvalue weighted by atomic mass is 15.2. The molecule has 3 aliphatic rings. The smallest absolute Gasteiger partial charge is 0.101 e. The second-order valence-corrected chi connectivity index (χ2v) is 13.0. The lowest BCUT2D eigenvalue weighted by atomic mass is 9.85. The number of nitriles is 3. The summed E-state index contributed by atoms with van der Waals surface area (Å²) in [6, 6.07) is 42.0. The number of allylic oxidation sites excluding steroid dienone is 6. The van der Waals surface area contributed by atoms with Crippen LogP contribution in [-0.4, -0.2) is 10.6 Å². The number of para-hydroxylation sites is 2. The molecule has 0 N–H and O–H groups in total. The number of rotatable bonds is 4. The van der Waals surface area contributed by atoms with Crippen LogP contribution in [0.2, 0.25) is 0 Å². The van der Waals surface area contributed by atoms with E-state index in [4.69, 9.17) is 0 Å². The number of nitrogens with zero attached hydrogens (tertiary/aromatic N) is 5. The maximum atomic E-state index is 10.4. The number of benzene rings is 5. The second kappa shape index (κ2) is 11.7. The van der Waals surface area contributed by atoms with Crippen LogP contribution in [-0.2, 0) is 0 Å². The van der Waals surface area contributed by atoms with Gasteiger partial charge in [0.1, 0.15) is 6.07 Å². The van der Waals surface area contributed by atoms with E-state index in [9.17, 15) is 15.8 Å². The summed E-state index contributed by atoms with van der Waals surface area (Å²) in [5, 5.41) is 31.6. The van der Waals surface area contributed by atoms with Crippen LogP contribution in [0, 0.1) is 34.0 Å². The second-order valence-electron chi connectivity index (χ2n) is 13.0. The molecule has 3 atom stereocenters. The van der Waals surface area contributed by atoms with Crippen molar-refractivity contribution in [1.29, 1.82) is 15.8 Å². The molecule has 2 aliphatic carbocycles. The lowest BCUT2D eigenvalue weighted by Crippen LogP contribution is -2.28. The number of hydrogen-bond donors (Lipinski definition) is 0. The third-order valence-corrected chi connectivity index (χ3v) is 10.3. The summed E-state index contributed by atoms with van der Waals surface area (Å²) in [5.74, 6) is 0.364. The molecule has 5 aromatic carbocycles. The Bertz CT molecular complexity index is 2560. The lowest BCUT2D eigenvalue weighted by molar-refractivity contribution is 0.745. The van der Waals surface area contributed by atoms with Gasteiger partial charge in [-0.2, -0.15) is 15.8 Å². The van der Waals surface area contributed by atoms with Gasteiger partial charge in [0.2, 0.25) is 0 Å². The van der Waals surface area contributed by atoms with E-state index in [0.29, 0.717) is 22.6 Å². The van der Waals surface area contributed by atoms with Crippen LogP contribution in [0.1, 0.15) is 51.6 Å². The zero-order chi connectivity index (χ0) is 33.8. The highest BCUT2D eigenvalue weighted by molar-refractivity contribution is 6.10. The Morgan fingerprint density at radius 3 is 2.08 bits per heavy atom. The minimum atomic E-state index is 0.0209. The third kappa shape index (κ3) is 4.51. The van der Waals surface area contributed by atoms with Gasteiger partial charge in [0.15, 0.2) is 0 Å². The summed E-state index contributed by atoms with van der Waals surface area (Å²) >= 11 is 0. The van der Waals surface area contributed by atoms with Crippen molar-refractivity contribution >= 4 is 38.8 Å². The van der Waals surface area contributed by atoms with E-state index in [1.165, 1.54) is 16.9 Å². The van der Waals surface area contributed by atoms with Crippen molar-refractivity contribution < 1.29 is 0 Å². The zero-order valence-electron chi connectivity index (χ0n) is 27.0. The largest absolute Gasteiger partial charge is 0.333 e. The lowest BCUT2D eigenvalue weighted by Gasteiger charge is -2.29. The van der Waals surface area contributed by atoms with Gasteiger partial charge >= 0.3 is 0 Å². The van der Waals surface area contributed by atoms with E-state index in [1.54, 1.807) is 0 Å². The van der Waals surface area contributed by atoms with Crippen LogP contribution in [0.5, 0.6) is 0 Å². The Balaban J connectivity index is 1.13. The molecule has 0 amide bonds. The first-order chi connectivity index (χ1) is 24.7. The predicted molar refractivity (Wildman–Crippen MR) is 199 cm³/mol. The fourth-order valence-electron chi connectivity index (χ4n) is 8.10. The van der Waals surface area contributed by atoms with Gasteiger partial charge < -0.3 is 9.47 Å².